The van der Waals surface area contributed by atoms with Crippen LogP contribution in [0.25, 0.3) is 0 Å². The molecule has 0 aliphatic carbocycles. The minimum Gasteiger partial charge on any atom is -0.460 e. The summed E-state index contributed by atoms with van der Waals surface area (Å²) < 4.78 is 18.1. The highest BCUT2D eigenvalue weighted by molar-refractivity contribution is 9.10. The Morgan fingerprint density at radius 3 is 2.71 bits per heavy atom. The van der Waals surface area contributed by atoms with Crippen LogP contribution in [-0.4, -0.2) is 10.9 Å². The molecular weight excluding hydrogens is 468 g/mol. The number of nitrogens with zero attached hydrogens (tertiary/aromatic N) is 1. The van der Waals surface area contributed by atoms with Crippen LogP contribution in [0.15, 0.2) is 65.1 Å². The predicted octanol–water partition coefficient (Wildman–Crippen LogP) is 4.90. The van der Waals surface area contributed by atoms with Gasteiger partial charge in [0.25, 0.3) is 5.69 Å². The molecule has 0 aromatic heterocycles. The number of esters is 1. The Balaban J connectivity index is 1.55. The normalized spacial score (nSPS) is 14.9. The number of halogens is 1. The average molecular weight is 485 g/mol. The summed E-state index contributed by atoms with van der Waals surface area (Å²) in [4.78, 5) is 22.9. The minimum atomic E-state index is -0.705. The molecule has 8 nitrogen and oxygen atoms in total. The molecule has 31 heavy (non-hydrogen) atoms. The van der Waals surface area contributed by atoms with Crippen LogP contribution in [-0.2, 0) is 22.7 Å². The average Bonchev–Trinajstić information content (AvgIpc) is 2.77. The quantitative estimate of drug-likeness (QED) is 0.237. The van der Waals surface area contributed by atoms with Crippen molar-refractivity contribution >= 4 is 33.3 Å². The summed E-state index contributed by atoms with van der Waals surface area (Å²) in [5, 5.41) is 11.1. The Bertz CT molecular complexity index is 1150. The smallest absolute Gasteiger partial charge is 0.338 e. The summed E-state index contributed by atoms with van der Waals surface area (Å²) >= 11 is 3.45. The van der Waals surface area contributed by atoms with E-state index in [2.05, 4.69) is 15.9 Å². The molecule has 3 aromatic carbocycles. The fourth-order valence-corrected chi connectivity index (χ4v) is 3.77. The van der Waals surface area contributed by atoms with Gasteiger partial charge in [-0.15, -0.1) is 0 Å². The number of hydrogen-bond acceptors (Lipinski definition) is 7. The molecule has 1 aliphatic heterocycles. The second-order valence-electron chi connectivity index (χ2n) is 6.83. The van der Waals surface area contributed by atoms with Crippen molar-refractivity contribution in [2.75, 3.05) is 5.73 Å². The van der Waals surface area contributed by atoms with E-state index in [9.17, 15) is 14.9 Å². The topological polar surface area (TPSA) is 114 Å². The van der Waals surface area contributed by atoms with Gasteiger partial charge in [-0.05, 0) is 24.3 Å². The SMILES string of the molecule is Nc1ccc(C(=O)OCc2cc(Br)cc3c2OC(c2ccccc2)OC3)cc1[N+](=O)[O-]. The van der Waals surface area contributed by atoms with Gasteiger partial charge in [0.1, 0.15) is 18.0 Å². The summed E-state index contributed by atoms with van der Waals surface area (Å²) in [7, 11) is 0. The lowest BCUT2D eigenvalue weighted by Gasteiger charge is -2.28. The molecule has 9 heteroatoms. The molecule has 0 bridgehead atoms. The van der Waals surface area contributed by atoms with E-state index in [1.807, 2.05) is 36.4 Å². The van der Waals surface area contributed by atoms with Crippen LogP contribution < -0.4 is 10.5 Å². The van der Waals surface area contributed by atoms with Crippen molar-refractivity contribution in [3.8, 4) is 5.75 Å². The Labute approximate surface area is 185 Å². The van der Waals surface area contributed by atoms with Crippen LogP contribution in [0.1, 0.15) is 33.3 Å². The number of ether oxygens (including phenoxy) is 3. The van der Waals surface area contributed by atoms with Crippen molar-refractivity contribution < 1.29 is 23.9 Å². The molecule has 0 spiro atoms. The lowest BCUT2D eigenvalue weighted by Crippen LogP contribution is -2.19. The van der Waals surface area contributed by atoms with Crippen molar-refractivity contribution in [2.24, 2.45) is 0 Å². The Morgan fingerprint density at radius 1 is 1.19 bits per heavy atom. The first-order valence-corrected chi connectivity index (χ1v) is 10.1. The van der Waals surface area contributed by atoms with Crippen LogP contribution in [0.5, 0.6) is 5.75 Å². The molecule has 2 N–H and O–H groups in total. The van der Waals surface area contributed by atoms with Crippen LogP contribution in [0.3, 0.4) is 0 Å². The van der Waals surface area contributed by atoms with Gasteiger partial charge in [0.2, 0.25) is 6.29 Å². The number of hydrogen-bond donors (Lipinski definition) is 1. The van der Waals surface area contributed by atoms with E-state index >= 15 is 0 Å². The number of rotatable bonds is 5. The van der Waals surface area contributed by atoms with Crippen molar-refractivity contribution in [1.82, 2.24) is 0 Å². The molecule has 0 saturated heterocycles. The number of anilines is 1. The monoisotopic (exact) mass is 484 g/mol. The molecule has 0 radical (unpaired) electrons. The third-order valence-corrected chi connectivity index (χ3v) is 5.17. The fourth-order valence-electron chi connectivity index (χ4n) is 3.21. The number of carbonyl (C=O) groups excluding carboxylic acids is 1. The lowest BCUT2D eigenvalue weighted by molar-refractivity contribution is -0.383. The summed E-state index contributed by atoms with van der Waals surface area (Å²) in [6.07, 6.45) is -0.580. The first kappa shape index (κ1) is 20.8. The Morgan fingerprint density at radius 2 is 1.97 bits per heavy atom. The van der Waals surface area contributed by atoms with Gasteiger partial charge in [-0.3, -0.25) is 10.1 Å². The second kappa shape index (κ2) is 8.75. The molecule has 1 heterocycles. The number of fused-ring (bicyclic) bond motifs is 1. The zero-order valence-corrected chi connectivity index (χ0v) is 17.7. The molecule has 3 aromatic rings. The van der Waals surface area contributed by atoms with E-state index in [4.69, 9.17) is 19.9 Å². The van der Waals surface area contributed by atoms with Gasteiger partial charge in [-0.2, -0.15) is 0 Å². The third kappa shape index (κ3) is 4.52. The summed E-state index contributed by atoms with van der Waals surface area (Å²) in [6, 6.07) is 17.0. The van der Waals surface area contributed by atoms with Gasteiger partial charge in [0, 0.05) is 27.2 Å². The van der Waals surface area contributed by atoms with Gasteiger partial charge >= 0.3 is 5.97 Å². The van der Waals surface area contributed by atoms with Gasteiger partial charge in [0.15, 0.2) is 0 Å². The van der Waals surface area contributed by atoms with Crippen molar-refractivity contribution in [1.29, 1.82) is 0 Å². The largest absolute Gasteiger partial charge is 0.460 e. The zero-order valence-electron chi connectivity index (χ0n) is 16.1. The summed E-state index contributed by atoms with van der Waals surface area (Å²) in [5.74, 6) is -0.122. The second-order valence-corrected chi connectivity index (χ2v) is 7.75. The first-order chi connectivity index (χ1) is 14.9. The molecule has 1 unspecified atom stereocenters. The maximum Gasteiger partial charge on any atom is 0.338 e. The maximum atomic E-state index is 12.5. The van der Waals surface area contributed by atoms with Crippen LogP contribution in [0, 0.1) is 10.1 Å². The lowest BCUT2D eigenvalue weighted by atomic mass is 10.1. The number of nitrogens with two attached hydrogens (primary N) is 1. The number of nitro benzene ring substituents is 1. The van der Waals surface area contributed by atoms with E-state index in [0.717, 1.165) is 21.7 Å². The highest BCUT2D eigenvalue weighted by Crippen LogP contribution is 2.38. The van der Waals surface area contributed by atoms with E-state index in [-0.39, 0.29) is 23.5 Å². The molecular formula is C22H17BrN2O6. The van der Waals surface area contributed by atoms with E-state index < -0.39 is 17.2 Å². The van der Waals surface area contributed by atoms with E-state index in [1.54, 1.807) is 6.07 Å². The van der Waals surface area contributed by atoms with E-state index in [0.29, 0.717) is 17.9 Å². The van der Waals surface area contributed by atoms with E-state index in [1.165, 1.54) is 12.1 Å². The molecule has 1 aliphatic rings. The van der Waals surface area contributed by atoms with Crippen LogP contribution in [0.4, 0.5) is 11.4 Å². The molecule has 0 amide bonds. The first-order valence-electron chi connectivity index (χ1n) is 9.28. The van der Waals surface area contributed by atoms with Gasteiger partial charge in [-0.25, -0.2) is 4.79 Å². The number of nitro groups is 1. The van der Waals surface area contributed by atoms with Crippen molar-refractivity contribution in [3.05, 3.63) is 97.5 Å². The predicted molar refractivity (Wildman–Crippen MR) is 115 cm³/mol. The highest BCUT2D eigenvalue weighted by Gasteiger charge is 2.25. The summed E-state index contributed by atoms with van der Waals surface area (Å²) in [5.41, 5.74) is 7.58. The van der Waals surface area contributed by atoms with Gasteiger partial charge in [-0.1, -0.05) is 46.3 Å². The Kier molecular flexibility index (Phi) is 5.88. The molecule has 158 valence electrons. The minimum absolute atomic E-state index is 0.0250. The van der Waals surface area contributed by atoms with Gasteiger partial charge < -0.3 is 19.9 Å². The maximum absolute atomic E-state index is 12.5. The third-order valence-electron chi connectivity index (χ3n) is 4.72. The molecule has 0 saturated carbocycles. The van der Waals surface area contributed by atoms with Gasteiger partial charge in [0.05, 0.1) is 17.1 Å². The fraction of sp³-hybridized carbons (Fsp3) is 0.136. The molecule has 1 atom stereocenters. The number of benzene rings is 3. The Hall–Kier alpha value is -3.43. The summed E-state index contributed by atoms with van der Waals surface area (Å²) in [6.45, 7) is 0.250. The number of nitrogen functional groups attached to an aromatic ring is 1. The molecule has 4 rings (SSSR count). The van der Waals surface area contributed by atoms with Crippen molar-refractivity contribution in [2.45, 2.75) is 19.5 Å². The number of carbonyl (C=O) groups is 1. The zero-order chi connectivity index (χ0) is 22.0. The van der Waals surface area contributed by atoms with Crippen LogP contribution in [0.2, 0.25) is 0 Å². The molecule has 0 fully saturated rings. The van der Waals surface area contributed by atoms with Crippen molar-refractivity contribution in [3.63, 3.8) is 0 Å². The van der Waals surface area contributed by atoms with Crippen LogP contribution >= 0.6 is 15.9 Å². The highest BCUT2D eigenvalue weighted by atomic mass is 79.9. The standard InChI is InChI=1S/C22H17BrN2O6/c23-17-8-15(11-29-21(26)14-6-7-18(24)19(10-14)25(27)28)20-16(9-17)12-30-22(31-20)13-4-2-1-3-5-13/h1-10,22H,11-12,24H2.